The quantitative estimate of drug-likeness (QED) is 0.805. The normalized spacial score (nSPS) is 17.2. The summed E-state index contributed by atoms with van der Waals surface area (Å²) in [5.74, 6) is -0.766. The molecule has 1 N–H and O–H groups in total. The lowest BCUT2D eigenvalue weighted by molar-refractivity contribution is -0.141. The zero-order valence-electron chi connectivity index (χ0n) is 12.3. The molecule has 110 valence electrons. The molecule has 0 aliphatic heterocycles. The molecule has 0 saturated heterocycles. The molecule has 0 heterocycles. The fourth-order valence-electron chi connectivity index (χ4n) is 2.65. The Balaban J connectivity index is 2.49. The van der Waals surface area contributed by atoms with Gasteiger partial charge in [0.05, 0.1) is 5.92 Å². The average Bonchev–Trinajstić information content (AvgIpc) is 2.87. The number of amides is 2. The van der Waals surface area contributed by atoms with E-state index in [1.807, 2.05) is 14.0 Å². The van der Waals surface area contributed by atoms with E-state index in [0.717, 1.165) is 6.54 Å². The number of urea groups is 1. The van der Waals surface area contributed by atoms with Crippen LogP contribution in [0.25, 0.3) is 0 Å². The molecule has 1 aliphatic rings. The molecule has 5 heteroatoms. The first-order valence-electron chi connectivity index (χ1n) is 7.18. The van der Waals surface area contributed by atoms with Crippen LogP contribution in [0.5, 0.6) is 0 Å². The third kappa shape index (κ3) is 4.73. The van der Waals surface area contributed by atoms with Gasteiger partial charge in [0.2, 0.25) is 0 Å². The predicted molar refractivity (Wildman–Crippen MR) is 74.0 cm³/mol. The Hall–Kier alpha value is -1.26. The zero-order valence-corrected chi connectivity index (χ0v) is 12.3. The van der Waals surface area contributed by atoms with E-state index in [-0.39, 0.29) is 12.6 Å². The molecule has 1 saturated carbocycles. The minimum Gasteiger partial charge on any atom is -0.481 e. The van der Waals surface area contributed by atoms with E-state index in [4.69, 9.17) is 5.11 Å². The lowest BCUT2D eigenvalue weighted by atomic mass is 10.1. The van der Waals surface area contributed by atoms with Gasteiger partial charge in [0.1, 0.15) is 0 Å². The number of rotatable bonds is 6. The van der Waals surface area contributed by atoms with Gasteiger partial charge in [-0.05, 0) is 25.7 Å². The molecule has 19 heavy (non-hydrogen) atoms. The first-order chi connectivity index (χ1) is 8.95. The second-order valence-corrected chi connectivity index (χ2v) is 5.59. The highest BCUT2D eigenvalue weighted by Gasteiger charge is 2.24. The van der Waals surface area contributed by atoms with Crippen LogP contribution in [0.3, 0.4) is 0 Å². The van der Waals surface area contributed by atoms with Crippen molar-refractivity contribution in [1.82, 2.24) is 9.80 Å². The second-order valence-electron chi connectivity index (χ2n) is 5.59. The Morgan fingerprint density at radius 1 is 1.32 bits per heavy atom. The third-order valence-electron chi connectivity index (χ3n) is 3.90. The van der Waals surface area contributed by atoms with E-state index < -0.39 is 11.9 Å². The number of carbonyl (C=O) groups is 2. The predicted octanol–water partition coefficient (Wildman–Crippen LogP) is 2.27. The Labute approximate surface area is 115 Å². The van der Waals surface area contributed by atoms with Crippen LogP contribution in [0.2, 0.25) is 0 Å². The molecule has 1 atom stereocenters. The first-order valence-corrected chi connectivity index (χ1v) is 7.18. The first kappa shape index (κ1) is 15.8. The van der Waals surface area contributed by atoms with Crippen LogP contribution in [-0.2, 0) is 4.79 Å². The van der Waals surface area contributed by atoms with Gasteiger partial charge in [-0.2, -0.15) is 0 Å². The number of hydrogen-bond acceptors (Lipinski definition) is 2. The van der Waals surface area contributed by atoms with Crippen LogP contribution in [0.15, 0.2) is 0 Å². The van der Waals surface area contributed by atoms with Gasteiger partial charge in [0.15, 0.2) is 0 Å². The Kier molecular flexibility index (Phi) is 6.12. The van der Waals surface area contributed by atoms with E-state index in [9.17, 15) is 9.59 Å². The van der Waals surface area contributed by atoms with Gasteiger partial charge in [0, 0.05) is 26.7 Å². The standard InChI is InChI=1S/C14H26N2O3/c1-4-16(9-11(2)13(17)18)14(19)15(3)10-12-7-5-6-8-12/h11-12H,4-10H2,1-3H3,(H,17,18). The van der Waals surface area contributed by atoms with Gasteiger partial charge in [-0.25, -0.2) is 4.79 Å². The van der Waals surface area contributed by atoms with E-state index in [1.165, 1.54) is 25.7 Å². The molecule has 0 spiro atoms. The highest BCUT2D eigenvalue weighted by atomic mass is 16.4. The number of hydrogen-bond donors (Lipinski definition) is 1. The maximum Gasteiger partial charge on any atom is 0.319 e. The van der Waals surface area contributed by atoms with Crippen LogP contribution >= 0.6 is 0 Å². The van der Waals surface area contributed by atoms with Gasteiger partial charge in [-0.1, -0.05) is 19.8 Å². The Morgan fingerprint density at radius 3 is 2.37 bits per heavy atom. The largest absolute Gasteiger partial charge is 0.481 e. The molecule has 2 amide bonds. The summed E-state index contributed by atoms with van der Waals surface area (Å²) in [6.45, 7) is 5.13. The van der Waals surface area contributed by atoms with Crippen LogP contribution in [0, 0.1) is 11.8 Å². The lowest BCUT2D eigenvalue weighted by Crippen LogP contribution is -2.45. The molecule has 0 aromatic rings. The molecule has 1 unspecified atom stereocenters. The van der Waals surface area contributed by atoms with Crippen molar-refractivity contribution in [2.24, 2.45) is 11.8 Å². The summed E-state index contributed by atoms with van der Waals surface area (Å²) in [6.07, 6.45) is 4.94. The summed E-state index contributed by atoms with van der Waals surface area (Å²) in [4.78, 5) is 26.5. The SMILES string of the molecule is CCN(CC(C)C(=O)O)C(=O)N(C)CC1CCCC1. The molecule has 0 bridgehead atoms. The van der Waals surface area contributed by atoms with E-state index in [1.54, 1.807) is 16.7 Å². The van der Waals surface area contributed by atoms with Crippen molar-refractivity contribution >= 4 is 12.0 Å². The number of carbonyl (C=O) groups excluding carboxylic acids is 1. The minimum atomic E-state index is -0.857. The Bertz CT molecular complexity index is 314. The third-order valence-corrected chi connectivity index (χ3v) is 3.90. The lowest BCUT2D eigenvalue weighted by Gasteiger charge is -2.30. The highest BCUT2D eigenvalue weighted by Crippen LogP contribution is 2.25. The summed E-state index contributed by atoms with van der Waals surface area (Å²) in [7, 11) is 1.81. The average molecular weight is 270 g/mol. The van der Waals surface area contributed by atoms with Crippen molar-refractivity contribution < 1.29 is 14.7 Å². The smallest absolute Gasteiger partial charge is 0.319 e. The molecular formula is C14H26N2O3. The monoisotopic (exact) mass is 270 g/mol. The van der Waals surface area contributed by atoms with Gasteiger partial charge < -0.3 is 14.9 Å². The highest BCUT2D eigenvalue weighted by molar-refractivity contribution is 5.75. The van der Waals surface area contributed by atoms with Crippen molar-refractivity contribution in [3.8, 4) is 0 Å². The van der Waals surface area contributed by atoms with Crippen LogP contribution < -0.4 is 0 Å². The van der Waals surface area contributed by atoms with Crippen molar-refractivity contribution in [2.75, 3.05) is 26.7 Å². The van der Waals surface area contributed by atoms with Crippen molar-refractivity contribution in [1.29, 1.82) is 0 Å². The summed E-state index contributed by atoms with van der Waals surface area (Å²) in [6, 6.07) is -0.0532. The minimum absolute atomic E-state index is 0.0532. The van der Waals surface area contributed by atoms with E-state index in [2.05, 4.69) is 0 Å². The number of carboxylic acids is 1. The van der Waals surface area contributed by atoms with Gasteiger partial charge in [-0.3, -0.25) is 4.79 Å². The fraction of sp³-hybridized carbons (Fsp3) is 0.857. The van der Waals surface area contributed by atoms with Crippen LogP contribution in [0.1, 0.15) is 39.5 Å². The van der Waals surface area contributed by atoms with Gasteiger partial charge >= 0.3 is 12.0 Å². The van der Waals surface area contributed by atoms with Crippen molar-refractivity contribution in [3.05, 3.63) is 0 Å². The zero-order chi connectivity index (χ0) is 14.4. The maximum absolute atomic E-state index is 12.3. The number of carboxylic acid groups (broad SMARTS) is 1. The topological polar surface area (TPSA) is 60.9 Å². The second kappa shape index (κ2) is 7.36. The fourth-order valence-corrected chi connectivity index (χ4v) is 2.65. The molecule has 1 fully saturated rings. The number of aliphatic carboxylic acids is 1. The molecule has 1 aliphatic carbocycles. The summed E-state index contributed by atoms with van der Waals surface area (Å²) < 4.78 is 0. The molecule has 5 nitrogen and oxygen atoms in total. The summed E-state index contributed by atoms with van der Waals surface area (Å²) >= 11 is 0. The molecular weight excluding hydrogens is 244 g/mol. The summed E-state index contributed by atoms with van der Waals surface area (Å²) in [5, 5.41) is 8.93. The maximum atomic E-state index is 12.3. The van der Waals surface area contributed by atoms with Crippen molar-refractivity contribution in [2.45, 2.75) is 39.5 Å². The molecule has 0 aromatic carbocycles. The van der Waals surface area contributed by atoms with Crippen LogP contribution in [-0.4, -0.2) is 53.6 Å². The van der Waals surface area contributed by atoms with Gasteiger partial charge in [-0.15, -0.1) is 0 Å². The van der Waals surface area contributed by atoms with E-state index >= 15 is 0 Å². The summed E-state index contributed by atoms with van der Waals surface area (Å²) in [5.41, 5.74) is 0. The molecule has 0 aromatic heterocycles. The molecule has 0 radical (unpaired) electrons. The molecule has 1 rings (SSSR count). The van der Waals surface area contributed by atoms with E-state index in [0.29, 0.717) is 12.5 Å². The van der Waals surface area contributed by atoms with Gasteiger partial charge in [0.25, 0.3) is 0 Å². The van der Waals surface area contributed by atoms with Crippen LogP contribution in [0.4, 0.5) is 4.79 Å². The number of nitrogens with zero attached hydrogens (tertiary/aromatic N) is 2. The van der Waals surface area contributed by atoms with Crippen molar-refractivity contribution in [3.63, 3.8) is 0 Å². The Morgan fingerprint density at radius 2 is 1.89 bits per heavy atom.